The van der Waals surface area contributed by atoms with E-state index in [1.807, 2.05) is 6.07 Å². The third-order valence-corrected chi connectivity index (χ3v) is 8.69. The van der Waals surface area contributed by atoms with E-state index >= 15 is 0 Å². The highest BCUT2D eigenvalue weighted by Crippen LogP contribution is 2.44. The summed E-state index contributed by atoms with van der Waals surface area (Å²) in [5, 5.41) is 15.2. The van der Waals surface area contributed by atoms with Crippen LogP contribution in [-0.4, -0.2) is 5.91 Å². The maximum absolute atomic E-state index is 13.0. The van der Waals surface area contributed by atoms with Crippen LogP contribution in [0.5, 0.6) is 0 Å². The van der Waals surface area contributed by atoms with E-state index in [9.17, 15) is 10.1 Å². The van der Waals surface area contributed by atoms with E-state index in [0.717, 1.165) is 34.9 Å². The summed E-state index contributed by atoms with van der Waals surface area (Å²) in [4.78, 5) is 14.6. The first-order chi connectivity index (χ1) is 13.7. The Bertz CT molecular complexity index is 1160. The molecule has 0 spiro atoms. The first-order valence-electron chi connectivity index (χ1n) is 9.42. The van der Waals surface area contributed by atoms with Crippen LogP contribution in [0.2, 0.25) is 10.0 Å². The monoisotopic (exact) mass is 462 g/mol. The minimum absolute atomic E-state index is 0.226. The van der Waals surface area contributed by atoms with Gasteiger partial charge < -0.3 is 5.32 Å². The smallest absolute Gasteiger partial charge is 0.267 e. The number of rotatable bonds is 2. The summed E-state index contributed by atoms with van der Waals surface area (Å²) < 4.78 is 0.867. The van der Waals surface area contributed by atoms with Crippen molar-refractivity contribution in [2.24, 2.45) is 11.3 Å². The average molecular weight is 463 g/mol. The molecule has 0 radical (unpaired) electrons. The van der Waals surface area contributed by atoms with Crippen molar-refractivity contribution in [1.29, 1.82) is 5.26 Å². The molecule has 0 unspecified atom stereocenters. The topological polar surface area (TPSA) is 52.9 Å². The van der Waals surface area contributed by atoms with Crippen molar-refractivity contribution in [2.45, 2.75) is 40.0 Å². The van der Waals surface area contributed by atoms with E-state index < -0.39 is 0 Å². The van der Waals surface area contributed by atoms with E-state index in [0.29, 0.717) is 31.4 Å². The van der Waals surface area contributed by atoms with Gasteiger partial charge >= 0.3 is 0 Å². The summed E-state index contributed by atoms with van der Waals surface area (Å²) in [6.07, 6.45) is 2.91. The molecule has 0 bridgehead atoms. The summed E-state index contributed by atoms with van der Waals surface area (Å²) in [5.74, 6) is 0.292. The molecule has 4 rings (SSSR count). The zero-order valence-electron chi connectivity index (χ0n) is 16.4. The van der Waals surface area contributed by atoms with Crippen LogP contribution in [0.4, 0.5) is 5.00 Å². The summed E-state index contributed by atoms with van der Waals surface area (Å²) in [7, 11) is 0. The van der Waals surface area contributed by atoms with Crippen LogP contribution >= 0.6 is 45.9 Å². The summed E-state index contributed by atoms with van der Waals surface area (Å²) >= 11 is 15.4. The molecule has 7 heteroatoms. The molecule has 3 aromatic rings. The second-order valence-electron chi connectivity index (χ2n) is 8.47. The SMILES string of the molecule is CC(C)(C)[C@H]1CCc2c(sc(NC(=O)c3sc4cc(Cl)ccc4c3Cl)c2C#N)C1. The molecule has 0 saturated carbocycles. The van der Waals surface area contributed by atoms with Gasteiger partial charge in [0.15, 0.2) is 0 Å². The molecule has 150 valence electrons. The number of nitrogens with one attached hydrogen (secondary N) is 1. The molecule has 0 fully saturated rings. The van der Waals surface area contributed by atoms with Gasteiger partial charge in [-0.3, -0.25) is 4.79 Å². The number of carbonyl (C=O) groups is 1. The number of hydrogen-bond donors (Lipinski definition) is 1. The Morgan fingerprint density at radius 1 is 1.28 bits per heavy atom. The number of nitriles is 1. The zero-order valence-corrected chi connectivity index (χ0v) is 19.5. The fourth-order valence-electron chi connectivity index (χ4n) is 3.88. The van der Waals surface area contributed by atoms with Crippen LogP contribution in [0.25, 0.3) is 10.1 Å². The second kappa shape index (κ2) is 7.59. The van der Waals surface area contributed by atoms with E-state index in [-0.39, 0.29) is 11.3 Å². The molecule has 0 saturated heterocycles. The lowest BCUT2D eigenvalue weighted by atomic mass is 9.72. The number of halogens is 2. The maximum atomic E-state index is 13.0. The summed E-state index contributed by atoms with van der Waals surface area (Å²) in [6.45, 7) is 6.79. The van der Waals surface area contributed by atoms with Crippen LogP contribution in [0.3, 0.4) is 0 Å². The number of thiophene rings is 2. The van der Waals surface area contributed by atoms with Gasteiger partial charge in [-0.15, -0.1) is 22.7 Å². The standard InChI is InChI=1S/C22H20Cl2N2OS2/c1-22(2,3)11-4-6-13-15(10-25)21(29-16(13)8-11)26-20(27)19-18(24)14-7-5-12(23)9-17(14)28-19/h5,7,9,11H,4,6,8H2,1-3H3,(H,26,27)/t11-/m0/s1. The van der Waals surface area contributed by atoms with Crippen molar-refractivity contribution in [2.75, 3.05) is 5.32 Å². The normalized spacial score (nSPS) is 16.5. The van der Waals surface area contributed by atoms with Crippen molar-refractivity contribution >= 4 is 66.9 Å². The molecular formula is C22H20Cl2N2OS2. The van der Waals surface area contributed by atoms with Crippen LogP contribution in [0.15, 0.2) is 18.2 Å². The highest BCUT2D eigenvalue weighted by Gasteiger charge is 2.32. The highest BCUT2D eigenvalue weighted by molar-refractivity contribution is 7.22. The average Bonchev–Trinajstić information content (AvgIpc) is 3.16. The molecule has 3 nitrogen and oxygen atoms in total. The van der Waals surface area contributed by atoms with Gasteiger partial charge in [0.1, 0.15) is 15.9 Å². The van der Waals surface area contributed by atoms with Gasteiger partial charge in [0.2, 0.25) is 0 Å². The van der Waals surface area contributed by atoms with E-state index in [2.05, 4.69) is 32.2 Å². The van der Waals surface area contributed by atoms with Crippen LogP contribution in [-0.2, 0) is 12.8 Å². The number of benzene rings is 1. The Labute approximate surface area is 188 Å². The van der Waals surface area contributed by atoms with E-state index in [1.54, 1.807) is 12.1 Å². The molecule has 1 aliphatic carbocycles. The first kappa shape index (κ1) is 20.7. The van der Waals surface area contributed by atoms with E-state index in [4.69, 9.17) is 23.2 Å². The number of anilines is 1. The predicted octanol–water partition coefficient (Wildman–Crippen LogP) is 7.54. The fourth-order valence-corrected chi connectivity index (χ4v) is 6.84. The van der Waals surface area contributed by atoms with Crippen molar-refractivity contribution in [1.82, 2.24) is 0 Å². The van der Waals surface area contributed by atoms with Gasteiger partial charge in [0, 0.05) is 20.0 Å². The predicted molar refractivity (Wildman–Crippen MR) is 124 cm³/mol. The van der Waals surface area contributed by atoms with Crippen LogP contribution < -0.4 is 5.32 Å². The van der Waals surface area contributed by atoms with Gasteiger partial charge in [0.25, 0.3) is 5.91 Å². The molecular weight excluding hydrogens is 443 g/mol. The molecule has 1 aliphatic rings. The Morgan fingerprint density at radius 3 is 2.72 bits per heavy atom. The Hall–Kier alpha value is -1.58. The lowest BCUT2D eigenvalue weighted by Crippen LogP contribution is -2.26. The summed E-state index contributed by atoms with van der Waals surface area (Å²) in [6, 6.07) is 7.70. The molecule has 2 heterocycles. The van der Waals surface area contributed by atoms with Crippen LogP contribution in [0, 0.1) is 22.7 Å². The molecule has 1 aromatic carbocycles. The molecule has 0 aliphatic heterocycles. The summed E-state index contributed by atoms with van der Waals surface area (Å²) in [5.41, 5.74) is 1.93. The number of hydrogen-bond acceptors (Lipinski definition) is 4. The molecule has 2 aromatic heterocycles. The van der Waals surface area contributed by atoms with Crippen molar-refractivity contribution < 1.29 is 4.79 Å². The first-order valence-corrected chi connectivity index (χ1v) is 11.8. The van der Waals surface area contributed by atoms with Gasteiger partial charge in [-0.2, -0.15) is 5.26 Å². The quantitative estimate of drug-likeness (QED) is 0.427. The molecule has 29 heavy (non-hydrogen) atoms. The van der Waals surface area contributed by atoms with Crippen molar-refractivity contribution in [3.05, 3.63) is 49.1 Å². The lowest BCUT2D eigenvalue weighted by Gasteiger charge is -2.33. The Kier molecular flexibility index (Phi) is 5.41. The highest BCUT2D eigenvalue weighted by atomic mass is 35.5. The number of amides is 1. The fraction of sp³-hybridized carbons (Fsp3) is 0.364. The number of nitrogens with zero attached hydrogens (tertiary/aromatic N) is 1. The number of carbonyl (C=O) groups excluding carboxylic acids is 1. The van der Waals surface area contributed by atoms with Crippen molar-refractivity contribution in [3.63, 3.8) is 0 Å². The Balaban J connectivity index is 1.65. The van der Waals surface area contributed by atoms with Crippen LogP contribution in [0.1, 0.15) is 52.9 Å². The Morgan fingerprint density at radius 2 is 2.03 bits per heavy atom. The van der Waals surface area contributed by atoms with Crippen molar-refractivity contribution in [3.8, 4) is 6.07 Å². The third-order valence-electron chi connectivity index (χ3n) is 5.63. The molecule has 1 atom stereocenters. The third kappa shape index (κ3) is 3.80. The van der Waals surface area contributed by atoms with Gasteiger partial charge in [-0.1, -0.05) is 50.0 Å². The maximum Gasteiger partial charge on any atom is 0.267 e. The molecule has 1 N–H and O–H groups in total. The van der Waals surface area contributed by atoms with E-state index in [1.165, 1.54) is 27.6 Å². The van der Waals surface area contributed by atoms with Gasteiger partial charge in [-0.25, -0.2) is 0 Å². The zero-order chi connectivity index (χ0) is 20.9. The minimum Gasteiger partial charge on any atom is -0.312 e. The number of fused-ring (bicyclic) bond motifs is 2. The molecule has 1 amide bonds. The lowest BCUT2D eigenvalue weighted by molar-refractivity contribution is 0.103. The minimum atomic E-state index is -0.283. The van der Waals surface area contributed by atoms with Gasteiger partial charge in [0.05, 0.1) is 10.6 Å². The van der Waals surface area contributed by atoms with Gasteiger partial charge in [-0.05, 0) is 48.3 Å². The second-order valence-corrected chi connectivity index (χ2v) is 11.4. The largest absolute Gasteiger partial charge is 0.312 e.